The van der Waals surface area contributed by atoms with Gasteiger partial charge < -0.3 is 9.84 Å². The number of fused-ring (bicyclic) bond motifs is 1. The van der Waals surface area contributed by atoms with Gasteiger partial charge in [-0.25, -0.2) is 9.71 Å². The Morgan fingerprint density at radius 2 is 2.25 bits per heavy atom. The first kappa shape index (κ1) is 12.9. The van der Waals surface area contributed by atoms with E-state index in [0.29, 0.717) is 10.7 Å². The lowest BCUT2D eigenvalue weighted by Gasteiger charge is -2.05. The van der Waals surface area contributed by atoms with Gasteiger partial charge in [0.05, 0.1) is 5.69 Å². The van der Waals surface area contributed by atoms with Crippen LogP contribution >= 0.6 is 11.3 Å². The summed E-state index contributed by atoms with van der Waals surface area (Å²) in [6.45, 7) is 1.70. The molecule has 10 heteroatoms. The molecule has 8 nitrogen and oxygen atoms in total. The molecule has 0 bridgehead atoms. The van der Waals surface area contributed by atoms with Crippen LogP contribution in [0.3, 0.4) is 0 Å². The van der Waals surface area contributed by atoms with Gasteiger partial charge in [-0.15, -0.1) is 11.3 Å². The maximum atomic E-state index is 12.5. The molecule has 3 rings (SSSR count). The number of aromatic nitrogens is 3. The van der Waals surface area contributed by atoms with E-state index in [0.717, 1.165) is 0 Å². The Morgan fingerprint density at radius 3 is 2.90 bits per heavy atom. The largest absolute Gasteiger partial charge is 0.371 e. The van der Waals surface area contributed by atoms with Gasteiger partial charge in [0, 0.05) is 24.7 Å². The van der Waals surface area contributed by atoms with Crippen molar-refractivity contribution in [3.8, 4) is 0 Å². The average Bonchev–Trinajstić information content (AvgIpc) is 3.02. The second-order valence-electron chi connectivity index (χ2n) is 4.01. The summed E-state index contributed by atoms with van der Waals surface area (Å²) in [5.41, 5.74) is 0.588. The van der Waals surface area contributed by atoms with Crippen molar-refractivity contribution in [1.82, 2.24) is 14.5 Å². The van der Waals surface area contributed by atoms with E-state index in [9.17, 15) is 8.42 Å². The van der Waals surface area contributed by atoms with Gasteiger partial charge in [-0.05, 0) is 6.92 Å². The van der Waals surface area contributed by atoms with Crippen LogP contribution in [0, 0.1) is 6.92 Å². The normalized spacial score (nSPS) is 11.9. The molecule has 0 unspecified atom stereocenters. The smallest absolute Gasteiger partial charge is 0.284 e. The molecule has 20 heavy (non-hydrogen) atoms. The number of nitrogens with zero attached hydrogens (tertiary/aromatic N) is 3. The maximum absolute atomic E-state index is 12.5. The van der Waals surface area contributed by atoms with E-state index in [1.165, 1.54) is 21.8 Å². The number of anilines is 2. The molecular weight excluding hydrogens is 302 g/mol. The SMILES string of the molecule is CNc1nc2sccn2c1S(=O)(=O)Nc1cc(C)no1. The van der Waals surface area contributed by atoms with E-state index in [1.807, 2.05) is 0 Å². The molecule has 106 valence electrons. The molecule has 0 fully saturated rings. The van der Waals surface area contributed by atoms with Crippen LogP contribution in [0.2, 0.25) is 0 Å². The van der Waals surface area contributed by atoms with Crippen molar-refractivity contribution in [2.24, 2.45) is 0 Å². The Balaban J connectivity index is 2.10. The summed E-state index contributed by atoms with van der Waals surface area (Å²) in [5, 5.41) is 8.21. The summed E-state index contributed by atoms with van der Waals surface area (Å²) in [4.78, 5) is 4.80. The summed E-state index contributed by atoms with van der Waals surface area (Å²) in [7, 11) is -2.22. The molecule has 0 saturated carbocycles. The molecule has 3 aromatic heterocycles. The van der Waals surface area contributed by atoms with Gasteiger partial charge in [0.1, 0.15) is 0 Å². The molecule has 0 aliphatic rings. The van der Waals surface area contributed by atoms with Crippen LogP contribution in [0.5, 0.6) is 0 Å². The molecule has 0 spiro atoms. The van der Waals surface area contributed by atoms with Crippen LogP contribution < -0.4 is 10.0 Å². The van der Waals surface area contributed by atoms with Gasteiger partial charge in [0.2, 0.25) is 10.9 Å². The zero-order valence-corrected chi connectivity index (χ0v) is 12.2. The third-order valence-electron chi connectivity index (χ3n) is 2.57. The highest BCUT2D eigenvalue weighted by atomic mass is 32.2. The van der Waals surface area contributed by atoms with Crippen LogP contribution in [-0.4, -0.2) is 30.0 Å². The van der Waals surface area contributed by atoms with Crippen LogP contribution in [0.15, 0.2) is 27.2 Å². The fourth-order valence-corrected chi connectivity index (χ4v) is 3.82. The Kier molecular flexibility index (Phi) is 2.91. The molecule has 0 aromatic carbocycles. The first-order valence-electron chi connectivity index (χ1n) is 5.61. The topological polar surface area (TPSA) is 102 Å². The Labute approximate surface area is 118 Å². The van der Waals surface area contributed by atoms with Gasteiger partial charge >= 0.3 is 0 Å². The molecule has 3 aromatic rings. The van der Waals surface area contributed by atoms with Gasteiger partial charge in [0.15, 0.2) is 10.8 Å². The minimum atomic E-state index is -3.84. The monoisotopic (exact) mass is 313 g/mol. The number of hydrogen-bond donors (Lipinski definition) is 2. The Morgan fingerprint density at radius 1 is 1.45 bits per heavy atom. The fraction of sp³-hybridized carbons (Fsp3) is 0.200. The predicted octanol–water partition coefficient (Wildman–Crippen LogP) is 1.53. The van der Waals surface area contributed by atoms with Crippen molar-refractivity contribution in [3.05, 3.63) is 23.3 Å². The first-order chi connectivity index (χ1) is 9.51. The summed E-state index contributed by atoms with van der Waals surface area (Å²) in [6, 6.07) is 1.50. The quantitative estimate of drug-likeness (QED) is 0.757. The Bertz CT molecular complexity index is 861. The number of aryl methyl sites for hydroxylation is 1. The van der Waals surface area contributed by atoms with Gasteiger partial charge in [-0.2, -0.15) is 8.42 Å². The molecular formula is C10H11N5O3S2. The molecule has 0 atom stereocenters. The van der Waals surface area contributed by atoms with Crippen molar-refractivity contribution in [2.75, 3.05) is 17.1 Å². The maximum Gasteiger partial charge on any atom is 0.284 e. The van der Waals surface area contributed by atoms with Crippen molar-refractivity contribution in [2.45, 2.75) is 11.9 Å². The third-order valence-corrected chi connectivity index (χ3v) is 4.70. The average molecular weight is 313 g/mol. The van der Waals surface area contributed by atoms with Crippen molar-refractivity contribution in [3.63, 3.8) is 0 Å². The second kappa shape index (κ2) is 4.49. The first-order valence-corrected chi connectivity index (χ1v) is 7.97. The minimum Gasteiger partial charge on any atom is -0.371 e. The van der Waals surface area contributed by atoms with E-state index in [2.05, 4.69) is 20.2 Å². The van der Waals surface area contributed by atoms with Crippen LogP contribution in [0.4, 0.5) is 11.7 Å². The number of sulfonamides is 1. The number of thiazole rings is 1. The predicted molar refractivity (Wildman–Crippen MR) is 74.7 cm³/mol. The van der Waals surface area contributed by atoms with Crippen molar-refractivity contribution < 1.29 is 12.9 Å². The lowest BCUT2D eigenvalue weighted by Crippen LogP contribution is -2.16. The van der Waals surface area contributed by atoms with Crippen molar-refractivity contribution >= 4 is 38.0 Å². The molecule has 2 N–H and O–H groups in total. The summed E-state index contributed by atoms with van der Waals surface area (Å²) < 4.78 is 33.7. The summed E-state index contributed by atoms with van der Waals surface area (Å²) in [6.07, 6.45) is 1.65. The van der Waals surface area contributed by atoms with E-state index >= 15 is 0 Å². The van der Waals surface area contributed by atoms with E-state index in [-0.39, 0.29) is 16.7 Å². The number of hydrogen-bond acceptors (Lipinski definition) is 7. The zero-order chi connectivity index (χ0) is 14.3. The Hall–Kier alpha value is -2.07. The van der Waals surface area contributed by atoms with Gasteiger partial charge in [-0.3, -0.25) is 4.40 Å². The highest BCUT2D eigenvalue weighted by Crippen LogP contribution is 2.27. The molecule has 0 aliphatic carbocycles. The number of imidazole rings is 1. The number of nitrogens with one attached hydrogen (secondary N) is 2. The second-order valence-corrected chi connectivity index (χ2v) is 6.48. The highest BCUT2D eigenvalue weighted by Gasteiger charge is 2.26. The molecule has 0 amide bonds. The zero-order valence-electron chi connectivity index (χ0n) is 10.6. The number of rotatable bonds is 4. The van der Waals surface area contributed by atoms with Crippen molar-refractivity contribution in [1.29, 1.82) is 0 Å². The molecule has 0 radical (unpaired) electrons. The van der Waals surface area contributed by atoms with Gasteiger partial charge in [-0.1, -0.05) is 5.16 Å². The standard InChI is InChI=1S/C10H11N5O3S2/c1-6-5-7(18-13-6)14-20(16,17)9-8(11-2)12-10-15(9)3-4-19-10/h3-5,11,14H,1-2H3. The van der Waals surface area contributed by atoms with Crippen LogP contribution in [0.1, 0.15) is 5.69 Å². The van der Waals surface area contributed by atoms with E-state index in [4.69, 9.17) is 4.52 Å². The lowest BCUT2D eigenvalue weighted by atomic mass is 10.5. The summed E-state index contributed by atoms with van der Waals surface area (Å²) >= 11 is 1.35. The van der Waals surface area contributed by atoms with E-state index < -0.39 is 10.0 Å². The lowest BCUT2D eigenvalue weighted by molar-refractivity contribution is 0.430. The molecule has 0 saturated heterocycles. The molecule has 3 heterocycles. The summed E-state index contributed by atoms with van der Waals surface area (Å²) in [5.74, 6) is 0.343. The highest BCUT2D eigenvalue weighted by molar-refractivity contribution is 7.92. The fourth-order valence-electron chi connectivity index (χ4n) is 1.78. The minimum absolute atomic E-state index is 0.0327. The van der Waals surface area contributed by atoms with Crippen LogP contribution in [0.25, 0.3) is 4.96 Å². The van der Waals surface area contributed by atoms with Gasteiger partial charge in [0.25, 0.3) is 10.0 Å². The van der Waals surface area contributed by atoms with Crippen LogP contribution in [-0.2, 0) is 10.0 Å². The third kappa shape index (κ3) is 2.02. The van der Waals surface area contributed by atoms with E-state index in [1.54, 1.807) is 25.5 Å². The molecule has 0 aliphatic heterocycles.